The summed E-state index contributed by atoms with van der Waals surface area (Å²) in [5.41, 5.74) is 1.54. The quantitative estimate of drug-likeness (QED) is 0.710. The van der Waals surface area contributed by atoms with Crippen LogP contribution in [0, 0.1) is 5.82 Å². The summed E-state index contributed by atoms with van der Waals surface area (Å²) in [6.45, 7) is 6.01. The molecule has 3 aromatic rings. The zero-order chi connectivity index (χ0) is 18.9. The molecule has 0 bridgehead atoms. The summed E-state index contributed by atoms with van der Waals surface area (Å²) in [6, 6.07) is 16.3. The predicted molar refractivity (Wildman–Crippen MR) is 98.8 cm³/mol. The Hall–Kier alpha value is -3.15. The van der Waals surface area contributed by atoms with Crippen molar-refractivity contribution >= 4 is 17.6 Å². The van der Waals surface area contributed by atoms with Gasteiger partial charge in [0.2, 0.25) is 0 Å². The first kappa shape index (κ1) is 17.7. The fraction of sp³-hybridized carbons (Fsp3) is 0.200. The molecule has 2 aromatic carbocycles. The Bertz CT molecular complexity index is 912. The van der Waals surface area contributed by atoms with Gasteiger partial charge in [0.1, 0.15) is 11.6 Å². The Kier molecular flexibility index (Phi) is 4.50. The van der Waals surface area contributed by atoms with Crippen molar-refractivity contribution in [2.45, 2.75) is 26.2 Å². The zero-order valence-electron chi connectivity index (χ0n) is 14.8. The lowest BCUT2D eigenvalue weighted by molar-refractivity contribution is 0.204. The lowest BCUT2D eigenvalue weighted by atomic mass is 9.92. The van der Waals surface area contributed by atoms with Crippen molar-refractivity contribution in [1.29, 1.82) is 0 Å². The van der Waals surface area contributed by atoms with Crippen molar-refractivity contribution < 1.29 is 14.3 Å². The van der Waals surface area contributed by atoms with Gasteiger partial charge in [0.15, 0.2) is 0 Å². The van der Waals surface area contributed by atoms with E-state index in [9.17, 15) is 14.3 Å². The number of carbonyl (C=O) groups is 1. The maximum Gasteiger partial charge on any atom is 0.417 e. The number of para-hydroxylation sites is 1. The van der Waals surface area contributed by atoms with Crippen molar-refractivity contribution in [2.24, 2.45) is 0 Å². The summed E-state index contributed by atoms with van der Waals surface area (Å²) in [4.78, 5) is 13.2. The number of halogens is 1. The van der Waals surface area contributed by atoms with E-state index >= 15 is 0 Å². The summed E-state index contributed by atoms with van der Waals surface area (Å²) < 4.78 is 14.8. The van der Waals surface area contributed by atoms with Crippen LogP contribution in [0.15, 0.2) is 60.7 Å². The van der Waals surface area contributed by atoms with Crippen LogP contribution in [0.2, 0.25) is 0 Å². The Morgan fingerprint density at radius 3 is 2.23 bits per heavy atom. The van der Waals surface area contributed by atoms with Crippen LogP contribution in [-0.2, 0) is 5.41 Å². The van der Waals surface area contributed by atoms with Crippen LogP contribution in [0.5, 0.6) is 0 Å². The second kappa shape index (κ2) is 6.63. The number of hydrogen-bond acceptors (Lipinski definition) is 2. The molecule has 6 heteroatoms. The SMILES string of the molecule is CC(C)(C)c1cc(N(C(=O)O)c2ccccc2)n(-c2ccc(F)cc2)n1. The summed E-state index contributed by atoms with van der Waals surface area (Å²) >= 11 is 0. The van der Waals surface area contributed by atoms with Crippen molar-refractivity contribution in [1.82, 2.24) is 9.78 Å². The van der Waals surface area contributed by atoms with Gasteiger partial charge in [-0.2, -0.15) is 5.10 Å². The fourth-order valence-corrected chi connectivity index (χ4v) is 2.59. The van der Waals surface area contributed by atoms with E-state index < -0.39 is 6.09 Å². The lowest BCUT2D eigenvalue weighted by Gasteiger charge is -2.20. The molecule has 0 atom stereocenters. The molecule has 1 N–H and O–H groups in total. The summed E-state index contributed by atoms with van der Waals surface area (Å²) in [5, 5.41) is 14.4. The Balaban J connectivity index is 2.22. The second-order valence-electron chi connectivity index (χ2n) is 6.98. The molecule has 0 fully saturated rings. The van der Waals surface area contributed by atoms with Crippen LogP contribution in [0.25, 0.3) is 5.69 Å². The standard InChI is InChI=1S/C20H20FN3O2/c1-20(2,3)17-13-18(23(19(25)26)15-7-5-4-6-8-15)24(22-17)16-11-9-14(21)10-12-16/h4-13H,1-3H3,(H,25,26). The zero-order valence-corrected chi connectivity index (χ0v) is 14.8. The van der Waals surface area contributed by atoms with E-state index in [0.29, 0.717) is 17.2 Å². The molecule has 1 heterocycles. The molecule has 1 amide bonds. The van der Waals surface area contributed by atoms with E-state index in [1.54, 1.807) is 42.5 Å². The highest BCUT2D eigenvalue weighted by atomic mass is 19.1. The number of benzene rings is 2. The minimum Gasteiger partial charge on any atom is -0.464 e. The van der Waals surface area contributed by atoms with Gasteiger partial charge in [-0.3, -0.25) is 0 Å². The van der Waals surface area contributed by atoms with Gasteiger partial charge in [-0.25, -0.2) is 18.8 Å². The van der Waals surface area contributed by atoms with E-state index in [-0.39, 0.29) is 11.2 Å². The molecule has 0 unspecified atom stereocenters. The van der Waals surface area contributed by atoms with Gasteiger partial charge >= 0.3 is 6.09 Å². The molecular formula is C20H20FN3O2. The smallest absolute Gasteiger partial charge is 0.417 e. The van der Waals surface area contributed by atoms with E-state index in [1.165, 1.54) is 21.7 Å². The van der Waals surface area contributed by atoms with Crippen LogP contribution in [0.1, 0.15) is 26.5 Å². The van der Waals surface area contributed by atoms with Crippen LogP contribution >= 0.6 is 0 Å². The first-order chi connectivity index (χ1) is 12.3. The molecule has 0 aliphatic rings. The number of carboxylic acid groups (broad SMARTS) is 1. The molecule has 0 saturated carbocycles. The highest BCUT2D eigenvalue weighted by Gasteiger charge is 2.27. The monoisotopic (exact) mass is 353 g/mol. The average molecular weight is 353 g/mol. The maximum absolute atomic E-state index is 13.3. The fourth-order valence-electron chi connectivity index (χ4n) is 2.59. The third-order valence-corrected chi connectivity index (χ3v) is 3.96. The van der Waals surface area contributed by atoms with Gasteiger partial charge in [0.25, 0.3) is 0 Å². The molecule has 0 aliphatic heterocycles. The number of amides is 1. The number of aromatic nitrogens is 2. The summed E-state index contributed by atoms with van der Waals surface area (Å²) in [7, 11) is 0. The average Bonchev–Trinajstić information content (AvgIpc) is 3.01. The molecule has 0 saturated heterocycles. The molecule has 0 spiro atoms. The molecular weight excluding hydrogens is 333 g/mol. The summed E-state index contributed by atoms with van der Waals surface area (Å²) in [6.07, 6.45) is -1.13. The van der Waals surface area contributed by atoms with Gasteiger partial charge < -0.3 is 5.11 Å². The normalized spacial score (nSPS) is 11.4. The first-order valence-electron chi connectivity index (χ1n) is 8.22. The molecule has 134 valence electrons. The molecule has 3 rings (SSSR count). The summed E-state index contributed by atoms with van der Waals surface area (Å²) in [5.74, 6) is 0.0110. The highest BCUT2D eigenvalue weighted by Crippen LogP contribution is 2.32. The van der Waals surface area contributed by atoms with Crippen LogP contribution < -0.4 is 4.90 Å². The van der Waals surface area contributed by atoms with Crippen molar-refractivity contribution in [3.63, 3.8) is 0 Å². The molecule has 0 radical (unpaired) electrons. The Morgan fingerprint density at radius 1 is 1.08 bits per heavy atom. The van der Waals surface area contributed by atoms with E-state index in [2.05, 4.69) is 5.10 Å². The van der Waals surface area contributed by atoms with Crippen molar-refractivity contribution in [3.8, 4) is 5.69 Å². The largest absolute Gasteiger partial charge is 0.464 e. The predicted octanol–water partition coefficient (Wildman–Crippen LogP) is 5.13. The Labute approximate surface area is 151 Å². The highest BCUT2D eigenvalue weighted by molar-refractivity contribution is 5.94. The minimum absolute atomic E-state index is 0.277. The third-order valence-electron chi connectivity index (χ3n) is 3.96. The Morgan fingerprint density at radius 2 is 1.69 bits per heavy atom. The van der Waals surface area contributed by atoms with Gasteiger partial charge in [0.05, 0.1) is 17.1 Å². The van der Waals surface area contributed by atoms with Crippen LogP contribution in [0.4, 0.5) is 20.7 Å². The van der Waals surface area contributed by atoms with Crippen LogP contribution in [0.3, 0.4) is 0 Å². The topological polar surface area (TPSA) is 58.4 Å². The second-order valence-corrected chi connectivity index (χ2v) is 6.98. The number of anilines is 2. The lowest BCUT2D eigenvalue weighted by Crippen LogP contribution is -2.26. The molecule has 5 nitrogen and oxygen atoms in total. The maximum atomic E-state index is 13.3. The van der Waals surface area contributed by atoms with Crippen molar-refractivity contribution in [2.75, 3.05) is 4.90 Å². The third kappa shape index (κ3) is 3.44. The van der Waals surface area contributed by atoms with E-state index in [4.69, 9.17) is 0 Å². The van der Waals surface area contributed by atoms with E-state index in [0.717, 1.165) is 5.69 Å². The van der Waals surface area contributed by atoms with Gasteiger partial charge in [0, 0.05) is 11.5 Å². The first-order valence-corrected chi connectivity index (χ1v) is 8.22. The number of nitrogens with zero attached hydrogens (tertiary/aromatic N) is 3. The van der Waals surface area contributed by atoms with Gasteiger partial charge in [-0.05, 0) is 36.4 Å². The van der Waals surface area contributed by atoms with Crippen LogP contribution in [-0.4, -0.2) is 21.0 Å². The van der Waals surface area contributed by atoms with E-state index in [1.807, 2.05) is 26.8 Å². The minimum atomic E-state index is -1.13. The van der Waals surface area contributed by atoms with Crippen molar-refractivity contribution in [3.05, 3.63) is 72.2 Å². The molecule has 0 aliphatic carbocycles. The van der Waals surface area contributed by atoms with Gasteiger partial charge in [-0.1, -0.05) is 39.0 Å². The number of hydrogen-bond donors (Lipinski definition) is 1. The molecule has 26 heavy (non-hydrogen) atoms. The van der Waals surface area contributed by atoms with Gasteiger partial charge in [-0.15, -0.1) is 0 Å². The number of rotatable bonds is 3. The molecule has 1 aromatic heterocycles.